The number of nitrogens with zero attached hydrogens (tertiary/aromatic N) is 3. The smallest absolute Gasteiger partial charge is 0.123 e. The van der Waals surface area contributed by atoms with E-state index in [2.05, 4.69) is 25.9 Å². The van der Waals surface area contributed by atoms with Crippen LogP contribution in [-0.4, -0.2) is 27.8 Å². The molecule has 0 radical (unpaired) electrons. The van der Waals surface area contributed by atoms with Crippen LogP contribution in [0.2, 0.25) is 0 Å². The second kappa shape index (κ2) is 5.43. The van der Waals surface area contributed by atoms with Crippen molar-refractivity contribution in [2.24, 2.45) is 5.92 Å². The molecular formula is C14H15BrFN3. The molecule has 100 valence electrons. The molecule has 1 fully saturated rings. The van der Waals surface area contributed by atoms with Gasteiger partial charge in [0.25, 0.3) is 0 Å². The minimum absolute atomic E-state index is 0.172. The van der Waals surface area contributed by atoms with Crippen LogP contribution in [0.25, 0.3) is 0 Å². The van der Waals surface area contributed by atoms with Crippen molar-refractivity contribution in [3.05, 3.63) is 52.5 Å². The molecule has 0 atom stereocenters. The normalized spacial score (nSPS) is 16.5. The Morgan fingerprint density at radius 1 is 1.26 bits per heavy atom. The average Bonchev–Trinajstić information content (AvgIpc) is 2.75. The van der Waals surface area contributed by atoms with Crippen LogP contribution in [0.15, 0.2) is 41.1 Å². The van der Waals surface area contributed by atoms with Crippen molar-refractivity contribution in [2.75, 3.05) is 13.1 Å². The van der Waals surface area contributed by atoms with E-state index in [1.807, 2.05) is 29.2 Å². The average molecular weight is 324 g/mol. The van der Waals surface area contributed by atoms with Crippen molar-refractivity contribution in [1.29, 1.82) is 0 Å². The molecule has 0 N–H and O–H groups in total. The molecule has 0 unspecified atom stereocenters. The molecule has 5 heteroatoms. The lowest BCUT2D eigenvalue weighted by Crippen LogP contribution is -2.47. The fourth-order valence-corrected chi connectivity index (χ4v) is 2.80. The zero-order valence-corrected chi connectivity index (χ0v) is 12.1. The van der Waals surface area contributed by atoms with Gasteiger partial charge in [0.15, 0.2) is 0 Å². The number of benzene rings is 1. The minimum Gasteiger partial charge on any atom is -0.298 e. The SMILES string of the molecule is Fc1ccc(CN2CC(Cn3cc(Br)cn3)C2)cc1. The van der Waals surface area contributed by atoms with Crippen molar-refractivity contribution in [3.63, 3.8) is 0 Å². The monoisotopic (exact) mass is 323 g/mol. The molecule has 1 aliphatic heterocycles. The predicted molar refractivity (Wildman–Crippen MR) is 75.1 cm³/mol. The maximum Gasteiger partial charge on any atom is 0.123 e. The first-order chi connectivity index (χ1) is 9.19. The Kier molecular flexibility index (Phi) is 3.66. The van der Waals surface area contributed by atoms with Gasteiger partial charge in [-0.05, 0) is 33.6 Å². The molecule has 0 spiro atoms. The number of hydrogen-bond acceptors (Lipinski definition) is 2. The zero-order chi connectivity index (χ0) is 13.2. The van der Waals surface area contributed by atoms with Crippen LogP contribution in [0.4, 0.5) is 4.39 Å². The molecule has 1 aromatic heterocycles. The third kappa shape index (κ3) is 3.22. The summed E-state index contributed by atoms with van der Waals surface area (Å²) in [4.78, 5) is 2.37. The van der Waals surface area contributed by atoms with E-state index in [1.165, 1.54) is 17.7 Å². The highest BCUT2D eigenvalue weighted by Crippen LogP contribution is 2.20. The molecule has 0 saturated carbocycles. The van der Waals surface area contributed by atoms with E-state index in [9.17, 15) is 4.39 Å². The Morgan fingerprint density at radius 3 is 2.63 bits per heavy atom. The first-order valence-electron chi connectivity index (χ1n) is 6.34. The van der Waals surface area contributed by atoms with Crippen molar-refractivity contribution in [2.45, 2.75) is 13.1 Å². The minimum atomic E-state index is -0.172. The van der Waals surface area contributed by atoms with Crippen LogP contribution in [-0.2, 0) is 13.1 Å². The van der Waals surface area contributed by atoms with Gasteiger partial charge in [-0.2, -0.15) is 5.10 Å². The summed E-state index contributed by atoms with van der Waals surface area (Å²) >= 11 is 3.40. The van der Waals surface area contributed by atoms with Crippen molar-refractivity contribution < 1.29 is 4.39 Å². The first-order valence-corrected chi connectivity index (χ1v) is 7.13. The van der Waals surface area contributed by atoms with E-state index >= 15 is 0 Å². The third-order valence-electron chi connectivity index (χ3n) is 3.40. The number of aromatic nitrogens is 2. The first kappa shape index (κ1) is 12.8. The fraction of sp³-hybridized carbons (Fsp3) is 0.357. The Labute approximate surface area is 120 Å². The standard InChI is InChI=1S/C14H15BrFN3/c15-13-5-17-19(10-13)9-12-7-18(8-12)6-11-1-3-14(16)4-2-11/h1-5,10,12H,6-9H2. The molecule has 1 aromatic carbocycles. The van der Waals surface area contributed by atoms with Gasteiger partial charge in [-0.3, -0.25) is 9.58 Å². The second-order valence-electron chi connectivity index (χ2n) is 5.07. The van der Waals surface area contributed by atoms with E-state index in [0.717, 1.165) is 30.7 Å². The van der Waals surface area contributed by atoms with E-state index in [-0.39, 0.29) is 5.82 Å². The second-order valence-corrected chi connectivity index (χ2v) is 5.98. The van der Waals surface area contributed by atoms with Crippen LogP contribution >= 0.6 is 15.9 Å². The van der Waals surface area contributed by atoms with Gasteiger partial charge in [0.05, 0.1) is 10.7 Å². The van der Waals surface area contributed by atoms with Crippen molar-refractivity contribution in [1.82, 2.24) is 14.7 Å². The number of halogens is 2. The molecule has 0 aliphatic carbocycles. The highest BCUT2D eigenvalue weighted by atomic mass is 79.9. The summed E-state index contributed by atoms with van der Waals surface area (Å²) in [7, 11) is 0. The van der Waals surface area contributed by atoms with Gasteiger partial charge in [0.2, 0.25) is 0 Å². The largest absolute Gasteiger partial charge is 0.298 e. The predicted octanol–water partition coefficient (Wildman–Crippen LogP) is 2.92. The Bertz CT molecular complexity index is 546. The summed E-state index contributed by atoms with van der Waals surface area (Å²) in [6.45, 7) is 4.02. The Hall–Kier alpha value is -1.20. The highest BCUT2D eigenvalue weighted by Gasteiger charge is 2.26. The van der Waals surface area contributed by atoms with E-state index in [0.29, 0.717) is 5.92 Å². The molecule has 2 aromatic rings. The molecule has 1 aliphatic rings. The lowest BCUT2D eigenvalue weighted by atomic mass is 9.99. The van der Waals surface area contributed by atoms with Gasteiger partial charge >= 0.3 is 0 Å². The summed E-state index contributed by atoms with van der Waals surface area (Å²) < 4.78 is 15.8. The Morgan fingerprint density at radius 2 is 2.00 bits per heavy atom. The number of rotatable bonds is 4. The van der Waals surface area contributed by atoms with Crippen LogP contribution in [0.3, 0.4) is 0 Å². The maximum absolute atomic E-state index is 12.8. The summed E-state index contributed by atoms with van der Waals surface area (Å²) in [6.07, 6.45) is 3.82. The molecule has 0 amide bonds. The topological polar surface area (TPSA) is 21.1 Å². The summed E-state index contributed by atoms with van der Waals surface area (Å²) in [5.41, 5.74) is 1.17. The van der Waals surface area contributed by atoms with Gasteiger partial charge in [0, 0.05) is 38.3 Å². The quantitative estimate of drug-likeness (QED) is 0.862. The van der Waals surface area contributed by atoms with Crippen LogP contribution in [0, 0.1) is 11.7 Å². The van der Waals surface area contributed by atoms with Gasteiger partial charge in [-0.25, -0.2) is 4.39 Å². The molecule has 0 bridgehead atoms. The summed E-state index contributed by atoms with van der Waals surface area (Å²) in [6, 6.07) is 6.75. The van der Waals surface area contributed by atoms with E-state index in [1.54, 1.807) is 0 Å². The van der Waals surface area contributed by atoms with E-state index in [4.69, 9.17) is 0 Å². The summed E-state index contributed by atoms with van der Waals surface area (Å²) in [5.74, 6) is 0.488. The summed E-state index contributed by atoms with van der Waals surface area (Å²) in [5, 5.41) is 4.27. The molecule has 3 nitrogen and oxygen atoms in total. The molecule has 3 rings (SSSR count). The van der Waals surface area contributed by atoms with Crippen molar-refractivity contribution in [3.8, 4) is 0 Å². The molecular weight excluding hydrogens is 309 g/mol. The maximum atomic E-state index is 12.8. The number of hydrogen-bond donors (Lipinski definition) is 0. The number of likely N-dealkylation sites (tertiary alicyclic amines) is 1. The van der Waals surface area contributed by atoms with E-state index < -0.39 is 0 Å². The van der Waals surface area contributed by atoms with Gasteiger partial charge in [0.1, 0.15) is 5.82 Å². The highest BCUT2D eigenvalue weighted by molar-refractivity contribution is 9.10. The van der Waals surface area contributed by atoms with Gasteiger partial charge in [-0.15, -0.1) is 0 Å². The molecule has 2 heterocycles. The third-order valence-corrected chi connectivity index (χ3v) is 3.81. The van der Waals surface area contributed by atoms with Gasteiger partial charge in [-0.1, -0.05) is 12.1 Å². The molecule has 1 saturated heterocycles. The van der Waals surface area contributed by atoms with Crippen LogP contribution in [0.5, 0.6) is 0 Å². The van der Waals surface area contributed by atoms with Crippen LogP contribution in [0.1, 0.15) is 5.56 Å². The Balaban J connectivity index is 1.46. The fourth-order valence-electron chi connectivity index (χ4n) is 2.47. The lowest BCUT2D eigenvalue weighted by molar-refractivity contribution is 0.0777. The molecule has 19 heavy (non-hydrogen) atoms. The van der Waals surface area contributed by atoms with Crippen molar-refractivity contribution >= 4 is 15.9 Å². The zero-order valence-electron chi connectivity index (χ0n) is 10.5. The van der Waals surface area contributed by atoms with Gasteiger partial charge < -0.3 is 0 Å². The van der Waals surface area contributed by atoms with Crippen LogP contribution < -0.4 is 0 Å². The lowest BCUT2D eigenvalue weighted by Gasteiger charge is -2.39.